The summed E-state index contributed by atoms with van der Waals surface area (Å²) in [6.45, 7) is 3.25. The van der Waals surface area contributed by atoms with E-state index in [1.165, 1.54) is 0 Å². The SMILES string of the molecule is Cc1nccnc1N1CCC[C@H](F)C1. The first-order chi connectivity index (χ1) is 6.77. The zero-order valence-electron chi connectivity index (χ0n) is 8.28. The second kappa shape index (κ2) is 3.90. The number of anilines is 1. The highest BCUT2D eigenvalue weighted by atomic mass is 19.1. The lowest BCUT2D eigenvalue weighted by Crippen LogP contribution is -2.37. The van der Waals surface area contributed by atoms with Crippen molar-refractivity contribution in [2.75, 3.05) is 18.0 Å². The molecule has 2 rings (SSSR count). The zero-order chi connectivity index (χ0) is 9.97. The molecule has 0 unspecified atom stereocenters. The van der Waals surface area contributed by atoms with Crippen molar-refractivity contribution in [3.05, 3.63) is 18.1 Å². The van der Waals surface area contributed by atoms with Crippen molar-refractivity contribution in [2.24, 2.45) is 0 Å². The van der Waals surface area contributed by atoms with Crippen LogP contribution in [0.3, 0.4) is 0 Å². The van der Waals surface area contributed by atoms with Gasteiger partial charge in [0.25, 0.3) is 0 Å². The Labute approximate surface area is 83.0 Å². The first-order valence-electron chi connectivity index (χ1n) is 4.94. The molecule has 0 saturated carbocycles. The maximum atomic E-state index is 13.2. The molecule has 1 fully saturated rings. The number of hydrogen-bond acceptors (Lipinski definition) is 3. The molecule has 1 aliphatic rings. The van der Waals surface area contributed by atoms with E-state index in [4.69, 9.17) is 0 Å². The van der Waals surface area contributed by atoms with Gasteiger partial charge in [0.05, 0.1) is 12.2 Å². The van der Waals surface area contributed by atoms with Crippen LogP contribution in [-0.2, 0) is 0 Å². The second-order valence-electron chi connectivity index (χ2n) is 3.65. The Bertz CT molecular complexity index is 316. The van der Waals surface area contributed by atoms with Gasteiger partial charge in [-0.15, -0.1) is 0 Å². The molecule has 0 amide bonds. The highest BCUT2D eigenvalue weighted by Crippen LogP contribution is 2.20. The predicted octanol–water partition coefficient (Wildman–Crippen LogP) is 1.72. The van der Waals surface area contributed by atoms with E-state index in [0.29, 0.717) is 13.0 Å². The average Bonchev–Trinajstić information content (AvgIpc) is 2.18. The van der Waals surface area contributed by atoms with Crippen LogP contribution in [0.15, 0.2) is 12.4 Å². The van der Waals surface area contributed by atoms with Gasteiger partial charge in [-0.05, 0) is 19.8 Å². The second-order valence-corrected chi connectivity index (χ2v) is 3.65. The normalized spacial score (nSPS) is 22.4. The van der Waals surface area contributed by atoms with Crippen LogP contribution in [0.2, 0.25) is 0 Å². The van der Waals surface area contributed by atoms with E-state index in [2.05, 4.69) is 9.97 Å². The van der Waals surface area contributed by atoms with Crippen molar-refractivity contribution < 1.29 is 4.39 Å². The van der Waals surface area contributed by atoms with Crippen LogP contribution in [0.25, 0.3) is 0 Å². The number of rotatable bonds is 1. The third-order valence-electron chi connectivity index (χ3n) is 2.52. The van der Waals surface area contributed by atoms with E-state index in [1.54, 1.807) is 12.4 Å². The fourth-order valence-electron chi connectivity index (χ4n) is 1.83. The number of aromatic nitrogens is 2. The van der Waals surface area contributed by atoms with Gasteiger partial charge in [-0.2, -0.15) is 0 Å². The van der Waals surface area contributed by atoms with E-state index in [1.807, 2.05) is 11.8 Å². The molecule has 14 heavy (non-hydrogen) atoms. The Balaban J connectivity index is 2.18. The molecule has 1 saturated heterocycles. The molecule has 1 atom stereocenters. The van der Waals surface area contributed by atoms with Crippen LogP contribution in [0.4, 0.5) is 10.2 Å². The third-order valence-corrected chi connectivity index (χ3v) is 2.52. The average molecular weight is 195 g/mol. The Morgan fingerprint density at radius 2 is 2.21 bits per heavy atom. The van der Waals surface area contributed by atoms with Gasteiger partial charge >= 0.3 is 0 Å². The van der Waals surface area contributed by atoms with E-state index >= 15 is 0 Å². The summed E-state index contributed by atoms with van der Waals surface area (Å²) in [5.74, 6) is 0.829. The molecule has 76 valence electrons. The Hall–Kier alpha value is -1.19. The molecular formula is C10H14FN3. The van der Waals surface area contributed by atoms with E-state index in [-0.39, 0.29) is 0 Å². The van der Waals surface area contributed by atoms with Crippen molar-refractivity contribution in [3.63, 3.8) is 0 Å². The molecule has 1 aliphatic heterocycles. The Morgan fingerprint density at radius 1 is 1.43 bits per heavy atom. The number of nitrogens with zero attached hydrogens (tertiary/aromatic N) is 3. The van der Waals surface area contributed by atoms with Gasteiger partial charge in [0.1, 0.15) is 12.0 Å². The highest BCUT2D eigenvalue weighted by Gasteiger charge is 2.21. The molecule has 4 heteroatoms. The number of halogens is 1. The summed E-state index contributed by atoms with van der Waals surface area (Å²) in [6.07, 6.45) is 4.18. The standard InChI is InChI=1S/C10H14FN3/c1-8-10(13-5-4-12-8)14-6-2-3-9(11)7-14/h4-5,9H,2-3,6-7H2,1H3/t9-/m0/s1. The minimum absolute atomic E-state index is 0.458. The summed E-state index contributed by atoms with van der Waals surface area (Å²) in [4.78, 5) is 10.4. The number of aryl methyl sites for hydroxylation is 1. The minimum atomic E-state index is -0.717. The Kier molecular flexibility index (Phi) is 2.61. The largest absolute Gasteiger partial charge is 0.352 e. The molecule has 1 aromatic heterocycles. The lowest BCUT2D eigenvalue weighted by molar-refractivity contribution is 0.286. The van der Waals surface area contributed by atoms with Crippen LogP contribution in [0, 0.1) is 6.92 Å². The summed E-state index contributed by atoms with van der Waals surface area (Å²) in [7, 11) is 0. The topological polar surface area (TPSA) is 29.0 Å². The van der Waals surface area contributed by atoms with Crippen LogP contribution in [-0.4, -0.2) is 29.2 Å². The Morgan fingerprint density at radius 3 is 2.93 bits per heavy atom. The smallest absolute Gasteiger partial charge is 0.150 e. The molecular weight excluding hydrogens is 181 g/mol. The van der Waals surface area contributed by atoms with Crippen LogP contribution >= 0.6 is 0 Å². The lowest BCUT2D eigenvalue weighted by atomic mass is 10.1. The van der Waals surface area contributed by atoms with Crippen LogP contribution in [0.1, 0.15) is 18.5 Å². The molecule has 0 bridgehead atoms. The molecule has 0 aromatic carbocycles. The first kappa shape index (κ1) is 9.37. The van der Waals surface area contributed by atoms with Gasteiger partial charge in [0.2, 0.25) is 0 Å². The summed E-state index contributed by atoms with van der Waals surface area (Å²) in [6, 6.07) is 0. The zero-order valence-corrected chi connectivity index (χ0v) is 8.28. The molecule has 3 nitrogen and oxygen atoms in total. The monoisotopic (exact) mass is 195 g/mol. The fraction of sp³-hybridized carbons (Fsp3) is 0.600. The maximum absolute atomic E-state index is 13.2. The van der Waals surface area contributed by atoms with Gasteiger partial charge < -0.3 is 4.90 Å². The summed E-state index contributed by atoms with van der Waals surface area (Å²) >= 11 is 0. The van der Waals surface area contributed by atoms with E-state index in [0.717, 1.165) is 24.5 Å². The van der Waals surface area contributed by atoms with Gasteiger partial charge in [-0.1, -0.05) is 0 Å². The van der Waals surface area contributed by atoms with Crippen molar-refractivity contribution in [1.29, 1.82) is 0 Å². The van der Waals surface area contributed by atoms with Crippen LogP contribution in [0.5, 0.6) is 0 Å². The van der Waals surface area contributed by atoms with Gasteiger partial charge in [-0.3, -0.25) is 4.98 Å². The third kappa shape index (κ3) is 1.84. The lowest BCUT2D eigenvalue weighted by Gasteiger charge is -2.30. The minimum Gasteiger partial charge on any atom is -0.352 e. The van der Waals surface area contributed by atoms with Crippen molar-refractivity contribution in [3.8, 4) is 0 Å². The quantitative estimate of drug-likeness (QED) is 0.683. The summed E-state index contributed by atoms with van der Waals surface area (Å²) in [5.41, 5.74) is 0.876. The van der Waals surface area contributed by atoms with Gasteiger partial charge in [0, 0.05) is 18.9 Å². The number of alkyl halides is 1. The molecule has 0 radical (unpaired) electrons. The van der Waals surface area contributed by atoms with Crippen molar-refractivity contribution in [2.45, 2.75) is 25.9 Å². The molecule has 1 aromatic rings. The maximum Gasteiger partial charge on any atom is 0.150 e. The predicted molar refractivity (Wildman–Crippen MR) is 53.1 cm³/mol. The fourth-order valence-corrected chi connectivity index (χ4v) is 1.83. The molecule has 0 spiro atoms. The van der Waals surface area contributed by atoms with E-state index < -0.39 is 6.17 Å². The van der Waals surface area contributed by atoms with Gasteiger partial charge in [-0.25, -0.2) is 9.37 Å². The molecule has 0 N–H and O–H groups in total. The summed E-state index contributed by atoms with van der Waals surface area (Å²) < 4.78 is 13.2. The molecule has 2 heterocycles. The molecule has 0 aliphatic carbocycles. The summed E-state index contributed by atoms with van der Waals surface area (Å²) in [5, 5.41) is 0. The van der Waals surface area contributed by atoms with Crippen LogP contribution < -0.4 is 4.90 Å². The van der Waals surface area contributed by atoms with E-state index in [9.17, 15) is 4.39 Å². The van der Waals surface area contributed by atoms with Crippen molar-refractivity contribution in [1.82, 2.24) is 9.97 Å². The first-order valence-corrected chi connectivity index (χ1v) is 4.94. The highest BCUT2D eigenvalue weighted by molar-refractivity contribution is 5.42. The number of hydrogen-bond donors (Lipinski definition) is 0. The number of piperidine rings is 1. The van der Waals surface area contributed by atoms with Gasteiger partial charge in [0.15, 0.2) is 0 Å². The van der Waals surface area contributed by atoms with Crippen molar-refractivity contribution >= 4 is 5.82 Å².